The van der Waals surface area contributed by atoms with Gasteiger partial charge in [0.2, 0.25) is 11.8 Å². The minimum atomic E-state index is -1.86. The minimum Gasteiger partial charge on any atom is -0.492 e. The van der Waals surface area contributed by atoms with Gasteiger partial charge in [-0.15, -0.1) is 0 Å². The van der Waals surface area contributed by atoms with Crippen LogP contribution in [-0.4, -0.2) is 78.6 Å². The molecule has 1 aliphatic rings. The molecular weight excluding hydrogens is 654 g/mol. The number of amides is 3. The Morgan fingerprint density at radius 2 is 1.27 bits per heavy atom. The molecule has 0 aliphatic heterocycles. The van der Waals surface area contributed by atoms with Crippen molar-refractivity contribution in [3.05, 3.63) is 72.3 Å². The lowest BCUT2D eigenvalue weighted by atomic mass is 9.61. The zero-order valence-corrected chi connectivity index (χ0v) is 30.2. The first-order valence-electron chi connectivity index (χ1n) is 17.5. The van der Waals surface area contributed by atoms with Gasteiger partial charge in [-0.25, -0.2) is 0 Å². The first-order valence-corrected chi connectivity index (χ1v) is 17.5. The number of carbonyl (C=O) groups is 4. The van der Waals surface area contributed by atoms with Gasteiger partial charge in [-0.3, -0.25) is 19.2 Å². The summed E-state index contributed by atoms with van der Waals surface area (Å²) in [6.45, 7) is 12.4. The van der Waals surface area contributed by atoms with Crippen molar-refractivity contribution < 1.29 is 43.2 Å². The van der Waals surface area contributed by atoms with Gasteiger partial charge in [0.05, 0.1) is 42.7 Å². The van der Waals surface area contributed by atoms with E-state index < -0.39 is 47.4 Å². The first-order chi connectivity index (χ1) is 24.5. The van der Waals surface area contributed by atoms with Crippen LogP contribution in [0.15, 0.2) is 66.7 Å². The zero-order valence-electron chi connectivity index (χ0n) is 30.2. The highest BCUT2D eigenvalue weighted by Crippen LogP contribution is 2.48. The minimum absolute atomic E-state index is 0.200. The van der Waals surface area contributed by atoms with Crippen LogP contribution in [0.3, 0.4) is 0 Å². The molecule has 0 heterocycles. The van der Waals surface area contributed by atoms with Crippen molar-refractivity contribution in [3.63, 3.8) is 0 Å². The number of nitrogens with one attached hydrogen (secondary N) is 2. The third-order valence-corrected chi connectivity index (χ3v) is 8.84. The van der Waals surface area contributed by atoms with E-state index in [-0.39, 0.29) is 30.6 Å². The quantitative estimate of drug-likeness (QED) is 0.166. The number of nitrogens with zero attached hydrogens (tertiary/aromatic N) is 1. The Labute approximate surface area is 299 Å². The van der Waals surface area contributed by atoms with Crippen LogP contribution in [0, 0.1) is 11.8 Å². The second-order valence-electron chi connectivity index (χ2n) is 12.3. The molecule has 3 N–H and O–H groups in total. The smallest absolute Gasteiger partial charge is 0.260 e. The SMILES string of the molecule is CCOc1ccccc1NC(=O)C1C(=O)CC(C)(O)C(C(=O)Nc2ccccc2OCC)C1c1ccc(OCC(=O)N(CC)CC)c(OCC)c1. The number of ether oxygens (including phenoxy) is 4. The second-order valence-corrected chi connectivity index (χ2v) is 12.3. The van der Waals surface area contributed by atoms with Gasteiger partial charge in [-0.05, 0) is 83.5 Å². The molecule has 0 bridgehead atoms. The van der Waals surface area contributed by atoms with E-state index in [0.717, 1.165) is 0 Å². The summed E-state index contributed by atoms with van der Waals surface area (Å²) in [6.07, 6.45) is -0.452. The van der Waals surface area contributed by atoms with Gasteiger partial charge in [0.25, 0.3) is 5.91 Å². The molecule has 3 amide bonds. The van der Waals surface area contributed by atoms with Crippen LogP contribution in [0.1, 0.15) is 59.4 Å². The number of likely N-dealkylation sites (N-methyl/N-ethyl adjacent to an activating group) is 1. The third kappa shape index (κ3) is 9.18. The van der Waals surface area contributed by atoms with E-state index >= 15 is 0 Å². The number of aliphatic hydroxyl groups is 1. The van der Waals surface area contributed by atoms with Crippen molar-refractivity contribution in [1.29, 1.82) is 0 Å². The molecule has 12 heteroatoms. The molecule has 51 heavy (non-hydrogen) atoms. The van der Waals surface area contributed by atoms with Crippen LogP contribution >= 0.6 is 0 Å². The van der Waals surface area contributed by atoms with Crippen molar-refractivity contribution >= 4 is 34.9 Å². The Morgan fingerprint density at radius 1 is 0.745 bits per heavy atom. The van der Waals surface area contributed by atoms with E-state index in [4.69, 9.17) is 18.9 Å². The molecule has 0 aromatic heterocycles. The molecule has 0 spiro atoms. The fourth-order valence-electron chi connectivity index (χ4n) is 6.54. The normalized spacial score (nSPS) is 19.8. The molecule has 0 radical (unpaired) electrons. The number of hydrogen-bond donors (Lipinski definition) is 3. The zero-order chi connectivity index (χ0) is 37.1. The van der Waals surface area contributed by atoms with E-state index in [9.17, 15) is 24.3 Å². The first kappa shape index (κ1) is 38.7. The lowest BCUT2D eigenvalue weighted by Crippen LogP contribution is -2.56. The molecule has 1 aliphatic carbocycles. The lowest BCUT2D eigenvalue weighted by Gasteiger charge is -2.44. The Bertz CT molecular complexity index is 1690. The molecular formula is C39H49N3O9. The van der Waals surface area contributed by atoms with E-state index in [1.54, 1.807) is 78.6 Å². The van der Waals surface area contributed by atoms with Crippen LogP contribution in [0.2, 0.25) is 0 Å². The number of ketones is 1. The van der Waals surface area contributed by atoms with Crippen molar-refractivity contribution in [1.82, 2.24) is 4.90 Å². The van der Waals surface area contributed by atoms with Crippen LogP contribution in [0.5, 0.6) is 23.0 Å². The van der Waals surface area contributed by atoms with Crippen LogP contribution in [0.4, 0.5) is 11.4 Å². The van der Waals surface area contributed by atoms with Crippen molar-refractivity contribution in [2.75, 3.05) is 50.2 Å². The third-order valence-electron chi connectivity index (χ3n) is 8.84. The average molecular weight is 704 g/mol. The topological polar surface area (TPSA) is 153 Å². The van der Waals surface area contributed by atoms with Crippen molar-refractivity contribution in [2.24, 2.45) is 11.8 Å². The lowest BCUT2D eigenvalue weighted by molar-refractivity contribution is -0.151. The molecule has 4 rings (SSSR count). The van der Waals surface area contributed by atoms with Crippen molar-refractivity contribution in [3.8, 4) is 23.0 Å². The second kappa shape index (κ2) is 17.7. The number of rotatable bonds is 16. The van der Waals surface area contributed by atoms with E-state index in [0.29, 0.717) is 54.7 Å². The largest absolute Gasteiger partial charge is 0.492 e. The van der Waals surface area contributed by atoms with Crippen LogP contribution in [-0.2, 0) is 19.2 Å². The van der Waals surface area contributed by atoms with Gasteiger partial charge in [0, 0.05) is 25.4 Å². The number of para-hydroxylation sites is 4. The average Bonchev–Trinajstić information content (AvgIpc) is 3.09. The summed E-state index contributed by atoms with van der Waals surface area (Å²) >= 11 is 0. The van der Waals surface area contributed by atoms with Crippen molar-refractivity contribution in [2.45, 2.75) is 59.5 Å². The highest BCUT2D eigenvalue weighted by atomic mass is 16.5. The summed E-state index contributed by atoms with van der Waals surface area (Å²) in [4.78, 5) is 57.0. The standard InChI is InChI=1S/C39H49N3O9/c1-7-42(8-2)33(44)24-51-31-21-20-25(22-32(31)50-11-5)34-35(37(45)40-26-16-12-14-18-29(26)48-9-3)28(43)23-39(6,47)36(34)38(46)41-27-17-13-15-19-30(27)49-10-4/h12-22,34-36,47H,7-11,23-24H2,1-6H3,(H,40,45)(H,41,46). The fraction of sp³-hybridized carbons (Fsp3) is 0.436. The molecule has 274 valence electrons. The molecule has 3 aromatic rings. The Hall–Kier alpha value is -5.10. The van der Waals surface area contributed by atoms with E-state index in [2.05, 4.69) is 10.6 Å². The molecule has 3 aromatic carbocycles. The van der Waals surface area contributed by atoms with Gasteiger partial charge in [0.1, 0.15) is 23.2 Å². The maximum atomic E-state index is 14.4. The highest BCUT2D eigenvalue weighted by molar-refractivity contribution is 6.11. The van der Waals surface area contributed by atoms with E-state index in [1.807, 2.05) is 27.7 Å². The highest BCUT2D eigenvalue weighted by Gasteiger charge is 2.56. The van der Waals surface area contributed by atoms with Gasteiger partial charge >= 0.3 is 0 Å². The Morgan fingerprint density at radius 3 is 1.82 bits per heavy atom. The van der Waals surface area contributed by atoms with Crippen LogP contribution in [0.25, 0.3) is 0 Å². The summed E-state index contributed by atoms with van der Waals surface area (Å²) in [5.74, 6) is -4.51. The maximum absolute atomic E-state index is 14.4. The summed E-state index contributed by atoms with van der Waals surface area (Å²) in [7, 11) is 0. The molecule has 0 saturated heterocycles. The van der Waals surface area contributed by atoms with Gasteiger partial charge in [-0.2, -0.15) is 0 Å². The fourth-order valence-corrected chi connectivity index (χ4v) is 6.54. The molecule has 1 saturated carbocycles. The molecule has 12 nitrogen and oxygen atoms in total. The van der Waals surface area contributed by atoms with E-state index in [1.165, 1.54) is 6.92 Å². The maximum Gasteiger partial charge on any atom is 0.260 e. The number of benzene rings is 3. The predicted octanol–water partition coefficient (Wildman–Crippen LogP) is 5.45. The summed E-state index contributed by atoms with van der Waals surface area (Å²) in [5, 5.41) is 17.6. The van der Waals surface area contributed by atoms with Gasteiger partial charge in [0.15, 0.2) is 18.1 Å². The Balaban J connectivity index is 1.82. The number of anilines is 2. The predicted molar refractivity (Wildman–Crippen MR) is 193 cm³/mol. The molecule has 1 fully saturated rings. The van der Waals surface area contributed by atoms with Gasteiger partial charge in [-0.1, -0.05) is 30.3 Å². The Kier molecular flexibility index (Phi) is 13.4. The van der Waals surface area contributed by atoms with Gasteiger partial charge < -0.3 is 39.6 Å². The van der Waals surface area contributed by atoms with Crippen LogP contribution < -0.4 is 29.6 Å². The number of Topliss-reactive ketones (excluding diaryl/α,β-unsaturated/α-hetero) is 1. The molecule has 4 unspecified atom stereocenters. The number of carbonyl (C=O) groups excluding carboxylic acids is 4. The summed E-state index contributed by atoms with van der Waals surface area (Å²) < 4.78 is 23.3. The summed E-state index contributed by atoms with van der Waals surface area (Å²) in [6, 6.07) is 18.6. The number of hydrogen-bond acceptors (Lipinski definition) is 9. The molecule has 4 atom stereocenters. The summed E-state index contributed by atoms with van der Waals surface area (Å²) in [5.41, 5.74) is -0.745. The monoisotopic (exact) mass is 703 g/mol.